The van der Waals surface area contributed by atoms with Crippen molar-refractivity contribution >= 4 is 40.7 Å². The van der Waals surface area contributed by atoms with E-state index in [1.54, 1.807) is 31.2 Å². The van der Waals surface area contributed by atoms with Crippen molar-refractivity contribution in [2.24, 2.45) is 10.3 Å². The first kappa shape index (κ1) is 20.0. The van der Waals surface area contributed by atoms with Crippen LogP contribution < -0.4 is 10.2 Å². The van der Waals surface area contributed by atoms with Crippen molar-refractivity contribution in [2.45, 2.75) is 25.9 Å². The summed E-state index contributed by atoms with van der Waals surface area (Å²) in [4.78, 5) is 39.1. The van der Waals surface area contributed by atoms with Gasteiger partial charge in [-0.15, -0.1) is 0 Å². The molecule has 8 nitrogen and oxygen atoms in total. The van der Waals surface area contributed by atoms with Gasteiger partial charge in [0.1, 0.15) is 12.4 Å². The van der Waals surface area contributed by atoms with Crippen LogP contribution in [0.3, 0.4) is 0 Å². The molecule has 30 heavy (non-hydrogen) atoms. The summed E-state index contributed by atoms with van der Waals surface area (Å²) in [6, 6.07) is 7.14. The Morgan fingerprint density at radius 3 is 2.57 bits per heavy atom. The van der Waals surface area contributed by atoms with E-state index in [-0.39, 0.29) is 12.2 Å². The van der Waals surface area contributed by atoms with Gasteiger partial charge in [0.25, 0.3) is 11.8 Å². The lowest BCUT2D eigenvalue weighted by Gasteiger charge is -2.20. The van der Waals surface area contributed by atoms with Gasteiger partial charge in [0.05, 0.1) is 5.69 Å². The number of hydrogen-bond donors (Lipinski definition) is 1. The van der Waals surface area contributed by atoms with Gasteiger partial charge in [-0.05, 0) is 49.2 Å². The van der Waals surface area contributed by atoms with E-state index in [4.69, 9.17) is 11.6 Å². The average Bonchev–Trinajstić information content (AvgIpc) is 3.21. The predicted octanol–water partition coefficient (Wildman–Crippen LogP) is 3.03. The van der Waals surface area contributed by atoms with Crippen molar-refractivity contribution in [3.8, 4) is 0 Å². The van der Waals surface area contributed by atoms with Crippen LogP contribution in [-0.2, 0) is 14.4 Å². The predicted molar refractivity (Wildman–Crippen MR) is 108 cm³/mol. The number of aryl methyl sites for hydroxylation is 2. The zero-order valence-electron chi connectivity index (χ0n) is 16.1. The van der Waals surface area contributed by atoms with Gasteiger partial charge in [-0.2, -0.15) is 5.11 Å². The molecule has 154 valence electrons. The van der Waals surface area contributed by atoms with Gasteiger partial charge in [-0.1, -0.05) is 29.0 Å². The number of halogens is 2. The Hall–Kier alpha value is -3.33. The quantitative estimate of drug-likeness (QED) is 0.756. The number of hydrogen-bond acceptors (Lipinski definition) is 6. The van der Waals surface area contributed by atoms with Crippen molar-refractivity contribution in [3.63, 3.8) is 0 Å². The molecule has 0 radical (unpaired) electrons. The van der Waals surface area contributed by atoms with Crippen LogP contribution in [0, 0.1) is 19.7 Å². The molecule has 2 aliphatic heterocycles. The second-order valence-corrected chi connectivity index (χ2v) is 7.56. The van der Waals surface area contributed by atoms with Crippen molar-refractivity contribution < 1.29 is 18.8 Å². The highest BCUT2D eigenvalue weighted by Gasteiger charge is 2.55. The van der Waals surface area contributed by atoms with E-state index in [1.165, 1.54) is 17.1 Å². The summed E-state index contributed by atoms with van der Waals surface area (Å²) in [5.74, 6) is -2.03. The number of nitrogens with zero attached hydrogens (tertiary/aromatic N) is 4. The van der Waals surface area contributed by atoms with E-state index in [9.17, 15) is 18.8 Å². The molecule has 2 aromatic carbocycles. The monoisotopic (exact) mass is 429 g/mol. The molecular weight excluding hydrogens is 413 g/mol. The van der Waals surface area contributed by atoms with E-state index in [0.717, 1.165) is 10.5 Å². The molecule has 0 aromatic heterocycles. The molecule has 0 unspecified atom stereocenters. The van der Waals surface area contributed by atoms with Crippen LogP contribution in [0.2, 0.25) is 5.02 Å². The van der Waals surface area contributed by atoms with Crippen LogP contribution in [0.5, 0.6) is 0 Å². The first-order chi connectivity index (χ1) is 14.3. The van der Waals surface area contributed by atoms with Crippen LogP contribution in [0.4, 0.5) is 15.8 Å². The molecule has 2 aromatic rings. The van der Waals surface area contributed by atoms with Gasteiger partial charge < -0.3 is 5.32 Å². The normalized spacial score (nSPS) is 20.1. The van der Waals surface area contributed by atoms with E-state index < -0.39 is 35.6 Å². The summed E-state index contributed by atoms with van der Waals surface area (Å²) in [7, 11) is 0. The Labute approximate surface area is 176 Å². The number of carbonyl (C=O) groups is 3. The number of amides is 3. The molecule has 3 amide bonds. The lowest BCUT2D eigenvalue weighted by molar-refractivity contribution is -0.123. The van der Waals surface area contributed by atoms with Crippen LogP contribution in [0.1, 0.15) is 11.1 Å². The smallest absolute Gasteiger partial charge is 0.263 e. The molecular formula is C20H17ClFN5O3. The molecule has 2 aliphatic rings. The third-order valence-electron chi connectivity index (χ3n) is 5.03. The summed E-state index contributed by atoms with van der Waals surface area (Å²) < 4.78 is 13.7. The van der Waals surface area contributed by atoms with E-state index in [1.807, 2.05) is 6.92 Å². The number of fused-ring (bicyclic) bond motifs is 1. The van der Waals surface area contributed by atoms with Gasteiger partial charge in [-0.25, -0.2) is 9.29 Å². The molecule has 0 spiro atoms. The minimum Gasteiger partial charge on any atom is -0.324 e. The zero-order chi connectivity index (χ0) is 21.6. The second-order valence-electron chi connectivity index (χ2n) is 7.15. The maximum Gasteiger partial charge on any atom is 0.263 e. The molecule has 0 saturated carbocycles. The fourth-order valence-corrected chi connectivity index (χ4v) is 3.52. The van der Waals surface area contributed by atoms with Crippen LogP contribution in [0.15, 0.2) is 46.7 Å². The topological polar surface area (TPSA) is 94.4 Å². The molecule has 1 N–H and O–H groups in total. The number of anilines is 2. The molecule has 4 rings (SSSR count). The Kier molecular flexibility index (Phi) is 4.98. The Morgan fingerprint density at radius 1 is 1.13 bits per heavy atom. The summed E-state index contributed by atoms with van der Waals surface area (Å²) in [6.07, 6.45) is 0. The third-order valence-corrected chi connectivity index (χ3v) is 5.44. The van der Waals surface area contributed by atoms with Crippen molar-refractivity contribution in [1.82, 2.24) is 5.01 Å². The highest BCUT2D eigenvalue weighted by Crippen LogP contribution is 2.33. The summed E-state index contributed by atoms with van der Waals surface area (Å²) in [5, 5.41) is 11.8. The summed E-state index contributed by atoms with van der Waals surface area (Å²) >= 11 is 6.12. The largest absolute Gasteiger partial charge is 0.324 e. The van der Waals surface area contributed by atoms with Crippen molar-refractivity contribution in [2.75, 3.05) is 16.8 Å². The molecule has 10 heteroatoms. The number of nitrogens with one attached hydrogen (secondary N) is 1. The molecule has 2 atom stereocenters. The molecule has 0 bridgehead atoms. The molecule has 2 heterocycles. The Balaban J connectivity index is 1.49. The van der Waals surface area contributed by atoms with Gasteiger partial charge in [0.15, 0.2) is 12.1 Å². The van der Waals surface area contributed by atoms with Crippen molar-refractivity contribution in [1.29, 1.82) is 0 Å². The Morgan fingerprint density at radius 2 is 1.87 bits per heavy atom. The van der Waals surface area contributed by atoms with E-state index in [2.05, 4.69) is 15.7 Å². The second kappa shape index (κ2) is 7.49. The Bertz CT molecular complexity index is 1110. The number of carbonyl (C=O) groups excluding carboxylic acids is 3. The highest BCUT2D eigenvalue weighted by molar-refractivity contribution is 6.32. The standard InChI is InChI=1S/C20H17ClFN5O3/c1-10-4-6-13(8-14(10)21)27-19(29)17-18(20(27)30)26(25-24-17)9-16(28)23-12-5-3-11(2)15(22)7-12/h3-8,17-18H,9H2,1-2H3,(H,23,28)/t17-,18-/m0/s1. The number of imide groups is 1. The first-order valence-corrected chi connectivity index (χ1v) is 9.51. The van der Waals surface area contributed by atoms with E-state index >= 15 is 0 Å². The summed E-state index contributed by atoms with van der Waals surface area (Å²) in [6.45, 7) is 3.10. The van der Waals surface area contributed by atoms with Gasteiger partial charge in [0, 0.05) is 10.7 Å². The fraction of sp³-hybridized carbons (Fsp3) is 0.250. The lowest BCUT2D eigenvalue weighted by Crippen LogP contribution is -2.43. The van der Waals surface area contributed by atoms with Crippen LogP contribution >= 0.6 is 11.6 Å². The minimum absolute atomic E-state index is 0.278. The van der Waals surface area contributed by atoms with E-state index in [0.29, 0.717) is 16.3 Å². The maximum absolute atomic E-state index is 13.7. The van der Waals surface area contributed by atoms with Gasteiger partial charge >= 0.3 is 0 Å². The SMILES string of the molecule is Cc1ccc(NC(=O)CN2N=N[C@@H]3C(=O)N(c4ccc(C)c(Cl)c4)C(=O)[C@H]32)cc1F. The van der Waals surface area contributed by atoms with Gasteiger partial charge in [-0.3, -0.25) is 19.4 Å². The van der Waals surface area contributed by atoms with Gasteiger partial charge in [0.2, 0.25) is 5.91 Å². The molecule has 1 fully saturated rings. The zero-order valence-corrected chi connectivity index (χ0v) is 16.9. The first-order valence-electron chi connectivity index (χ1n) is 9.13. The maximum atomic E-state index is 13.7. The van der Waals surface area contributed by atoms with Crippen LogP contribution in [0.25, 0.3) is 0 Å². The highest BCUT2D eigenvalue weighted by atomic mass is 35.5. The van der Waals surface area contributed by atoms with Crippen molar-refractivity contribution in [3.05, 3.63) is 58.4 Å². The molecule has 1 saturated heterocycles. The number of benzene rings is 2. The van der Waals surface area contributed by atoms with Crippen LogP contribution in [-0.4, -0.2) is 41.4 Å². The third kappa shape index (κ3) is 3.41. The lowest BCUT2D eigenvalue weighted by atomic mass is 10.1. The average molecular weight is 430 g/mol. The summed E-state index contributed by atoms with van der Waals surface area (Å²) in [5.41, 5.74) is 1.88. The molecule has 0 aliphatic carbocycles. The fourth-order valence-electron chi connectivity index (χ4n) is 3.35. The minimum atomic E-state index is -1.03. The number of rotatable bonds is 4.